The molecule has 0 aliphatic carbocycles. The summed E-state index contributed by atoms with van der Waals surface area (Å²) in [4.78, 5) is 37.7. The first kappa shape index (κ1) is 74.5. The monoisotopic (exact) mass is 1100 g/mol. The molecule has 0 bridgehead atoms. The van der Waals surface area contributed by atoms with Crippen LogP contribution in [0.5, 0.6) is 0 Å². The Labute approximate surface area is 476 Å². The van der Waals surface area contributed by atoms with Crippen LogP contribution < -0.4 is 5.32 Å². The van der Waals surface area contributed by atoms with Crippen molar-refractivity contribution in [2.75, 3.05) is 40.9 Å². The largest absolute Gasteiger partial charge is 0.472 e. The van der Waals surface area contributed by atoms with Gasteiger partial charge in [0.1, 0.15) is 19.3 Å². The summed E-state index contributed by atoms with van der Waals surface area (Å²) in [6.07, 6.45) is 73.4. The number of amides is 1. The van der Waals surface area contributed by atoms with E-state index in [2.05, 4.69) is 86.8 Å². The standard InChI is InChI=1S/C67H123N2O7P/c1-7-10-13-16-19-22-25-27-28-29-30-31-32-33-34-35-36-37-38-39-40-42-45-48-51-54-57-60-67(71)76-65(58-55-52-49-46-44-41-26-23-20-17-14-11-8-2)64(63-75-77(72,73)74-62-61-69(4,5)6)68-66(70)59-56-53-50-47-43-24-21-18-15-12-9-3/h18-19,21-22,27-28,30-31,33-34,55,58,64-65H,7-17,20,23-26,29,32,35-54,56-57,59-63H2,1-6H3,(H-,68,70,72,73)/p+1/b21-18-,22-19-,28-27-,31-30-,34-33-,58-55-. The zero-order valence-electron chi connectivity index (χ0n) is 51.2. The number of rotatable bonds is 58. The lowest BCUT2D eigenvalue weighted by molar-refractivity contribution is -0.870. The smallest absolute Gasteiger partial charge is 0.456 e. The van der Waals surface area contributed by atoms with Gasteiger partial charge in [-0.3, -0.25) is 18.6 Å². The Balaban J connectivity index is 5.06. The van der Waals surface area contributed by atoms with Crippen LogP contribution in [0.15, 0.2) is 72.9 Å². The molecule has 0 saturated heterocycles. The van der Waals surface area contributed by atoms with Crippen molar-refractivity contribution < 1.29 is 37.3 Å². The average Bonchev–Trinajstić information content (AvgIpc) is 3.39. The molecule has 0 aliphatic heterocycles. The van der Waals surface area contributed by atoms with Gasteiger partial charge in [-0.15, -0.1) is 0 Å². The number of nitrogens with one attached hydrogen (secondary N) is 1. The molecule has 77 heavy (non-hydrogen) atoms. The summed E-state index contributed by atoms with van der Waals surface area (Å²) in [7, 11) is 1.49. The minimum absolute atomic E-state index is 0.0367. The van der Waals surface area contributed by atoms with Gasteiger partial charge in [0.15, 0.2) is 0 Å². The first-order chi connectivity index (χ1) is 37.4. The van der Waals surface area contributed by atoms with Crippen LogP contribution in [0.1, 0.15) is 290 Å². The Bertz CT molecular complexity index is 1550. The van der Waals surface area contributed by atoms with Crippen molar-refractivity contribution in [2.24, 2.45) is 0 Å². The van der Waals surface area contributed by atoms with Crippen LogP contribution in [0.4, 0.5) is 0 Å². The summed E-state index contributed by atoms with van der Waals surface area (Å²) >= 11 is 0. The lowest BCUT2D eigenvalue weighted by atomic mass is 10.0. The number of hydrogen-bond donors (Lipinski definition) is 2. The van der Waals surface area contributed by atoms with Crippen molar-refractivity contribution in [2.45, 2.75) is 303 Å². The molecule has 10 heteroatoms. The van der Waals surface area contributed by atoms with Crippen LogP contribution in [-0.2, 0) is 27.9 Å². The maximum Gasteiger partial charge on any atom is 0.472 e. The topological polar surface area (TPSA) is 111 Å². The van der Waals surface area contributed by atoms with E-state index in [-0.39, 0.29) is 31.5 Å². The number of carbonyl (C=O) groups is 2. The molecular weight excluding hydrogens is 976 g/mol. The van der Waals surface area contributed by atoms with Crippen molar-refractivity contribution in [3.63, 3.8) is 0 Å². The van der Waals surface area contributed by atoms with Gasteiger partial charge in [-0.25, -0.2) is 4.57 Å². The summed E-state index contributed by atoms with van der Waals surface area (Å²) < 4.78 is 30.7. The number of allylic oxidation sites excluding steroid dienone is 11. The highest BCUT2D eigenvalue weighted by Crippen LogP contribution is 2.43. The quantitative estimate of drug-likeness (QED) is 0.0205. The Hall–Kier alpha value is -2.55. The molecule has 0 aliphatic rings. The third kappa shape index (κ3) is 57.9. The number of nitrogens with zero attached hydrogens (tertiary/aromatic N) is 1. The molecule has 9 nitrogen and oxygen atoms in total. The number of carbonyl (C=O) groups excluding carboxylic acids is 2. The molecule has 0 aromatic heterocycles. The van der Waals surface area contributed by atoms with Gasteiger partial charge in [-0.05, 0) is 96.0 Å². The molecule has 0 fully saturated rings. The average molecular weight is 1100 g/mol. The number of quaternary nitrogens is 1. The summed E-state index contributed by atoms with van der Waals surface area (Å²) in [6, 6.07) is -0.855. The molecule has 0 aromatic rings. The fourth-order valence-corrected chi connectivity index (χ4v) is 9.82. The normalized spacial score (nSPS) is 14.1. The van der Waals surface area contributed by atoms with Crippen molar-refractivity contribution in [3.8, 4) is 0 Å². The van der Waals surface area contributed by atoms with E-state index in [4.69, 9.17) is 13.8 Å². The molecule has 1 amide bonds. The molecule has 2 N–H and O–H groups in total. The van der Waals surface area contributed by atoms with Crippen LogP contribution in [0.25, 0.3) is 0 Å². The van der Waals surface area contributed by atoms with Gasteiger partial charge in [0.2, 0.25) is 5.91 Å². The van der Waals surface area contributed by atoms with E-state index in [0.717, 1.165) is 103 Å². The van der Waals surface area contributed by atoms with E-state index in [1.165, 1.54) is 154 Å². The molecule has 448 valence electrons. The molecule has 0 heterocycles. The van der Waals surface area contributed by atoms with Gasteiger partial charge in [0.05, 0.1) is 33.8 Å². The Kier molecular flexibility index (Phi) is 54.8. The number of hydrogen-bond acceptors (Lipinski definition) is 6. The first-order valence-electron chi connectivity index (χ1n) is 32.3. The predicted molar refractivity (Wildman–Crippen MR) is 332 cm³/mol. The predicted octanol–water partition coefficient (Wildman–Crippen LogP) is 20.0. The fraction of sp³-hybridized carbons (Fsp3) is 0.791. The zero-order chi connectivity index (χ0) is 56.4. The minimum Gasteiger partial charge on any atom is -0.456 e. The number of ether oxygens (including phenoxy) is 1. The summed E-state index contributed by atoms with van der Waals surface area (Å²) in [5.74, 6) is -0.516. The third-order valence-electron chi connectivity index (χ3n) is 14.1. The third-order valence-corrected chi connectivity index (χ3v) is 15.1. The maximum atomic E-state index is 13.5. The van der Waals surface area contributed by atoms with Crippen molar-refractivity contribution in [3.05, 3.63) is 72.9 Å². The lowest BCUT2D eigenvalue weighted by Crippen LogP contribution is -2.47. The molecular formula is C67H124N2O7P+. The Morgan fingerprint density at radius 2 is 0.805 bits per heavy atom. The molecule has 0 spiro atoms. The van der Waals surface area contributed by atoms with Gasteiger partial charge >= 0.3 is 13.8 Å². The summed E-state index contributed by atoms with van der Waals surface area (Å²) in [5, 5.41) is 3.05. The number of phosphoric acid groups is 1. The van der Waals surface area contributed by atoms with E-state index in [1.807, 2.05) is 33.3 Å². The Morgan fingerprint density at radius 1 is 0.455 bits per heavy atom. The van der Waals surface area contributed by atoms with Crippen LogP contribution in [0.2, 0.25) is 0 Å². The van der Waals surface area contributed by atoms with E-state index >= 15 is 0 Å². The Morgan fingerprint density at radius 3 is 1.26 bits per heavy atom. The second-order valence-corrected chi connectivity index (χ2v) is 24.4. The highest BCUT2D eigenvalue weighted by molar-refractivity contribution is 7.47. The first-order valence-corrected chi connectivity index (χ1v) is 33.8. The fourth-order valence-electron chi connectivity index (χ4n) is 9.08. The van der Waals surface area contributed by atoms with Gasteiger partial charge < -0.3 is 19.4 Å². The van der Waals surface area contributed by atoms with E-state index in [0.29, 0.717) is 17.4 Å². The molecule has 0 radical (unpaired) electrons. The van der Waals surface area contributed by atoms with Crippen molar-refractivity contribution in [1.82, 2.24) is 5.32 Å². The van der Waals surface area contributed by atoms with Gasteiger partial charge in [0.25, 0.3) is 0 Å². The lowest BCUT2D eigenvalue weighted by Gasteiger charge is -2.27. The molecule has 0 aromatic carbocycles. The summed E-state index contributed by atoms with van der Waals surface area (Å²) in [6.45, 7) is 6.95. The van der Waals surface area contributed by atoms with Crippen LogP contribution in [0, 0.1) is 0 Å². The molecule has 3 atom stereocenters. The van der Waals surface area contributed by atoms with Crippen LogP contribution in [-0.4, -0.2) is 74.3 Å². The van der Waals surface area contributed by atoms with Gasteiger partial charge in [-0.1, -0.05) is 255 Å². The van der Waals surface area contributed by atoms with Crippen molar-refractivity contribution in [1.29, 1.82) is 0 Å². The number of unbranched alkanes of at least 4 members (excludes halogenated alkanes) is 32. The van der Waals surface area contributed by atoms with Gasteiger partial charge in [0, 0.05) is 12.8 Å². The van der Waals surface area contributed by atoms with Crippen LogP contribution in [0.3, 0.4) is 0 Å². The zero-order valence-corrected chi connectivity index (χ0v) is 52.1. The highest BCUT2D eigenvalue weighted by atomic mass is 31.2. The SMILES string of the molecule is CCCC/C=C\CCCCCCCC(=O)NC(COP(=O)(O)OCC[N+](C)(C)C)C(/C=C\CCCCCCCCCCCCC)OC(=O)CCCCCCCCCCCCC/C=C\C/C=C\C/C=C\C/C=C\CCCCC. The second-order valence-electron chi connectivity index (χ2n) is 22.9. The highest BCUT2D eigenvalue weighted by Gasteiger charge is 2.30. The number of likely N-dealkylation sites (N-methyl/N-ethyl adjacent to an activating group) is 1. The minimum atomic E-state index is -4.45. The molecule has 0 saturated carbocycles. The van der Waals surface area contributed by atoms with E-state index in [1.54, 1.807) is 0 Å². The van der Waals surface area contributed by atoms with Gasteiger partial charge in [-0.2, -0.15) is 0 Å². The summed E-state index contributed by atoms with van der Waals surface area (Å²) in [5.41, 5.74) is 0. The van der Waals surface area contributed by atoms with E-state index in [9.17, 15) is 19.0 Å². The molecule has 0 rings (SSSR count). The van der Waals surface area contributed by atoms with Crippen molar-refractivity contribution >= 4 is 19.7 Å². The van der Waals surface area contributed by atoms with E-state index < -0.39 is 20.0 Å². The number of phosphoric ester groups is 1. The number of esters is 1. The maximum absolute atomic E-state index is 13.5. The van der Waals surface area contributed by atoms with Crippen LogP contribution >= 0.6 is 7.82 Å². The second kappa shape index (κ2) is 56.7. The molecule has 3 unspecified atom stereocenters.